The number of halogens is 3. The Kier molecular flexibility index (Phi) is 5.87. The molecule has 0 saturated carbocycles. The van der Waals surface area contributed by atoms with Crippen LogP contribution in [-0.4, -0.2) is 35.4 Å². The third-order valence-corrected chi connectivity index (χ3v) is 5.90. The molecule has 2 aromatic carbocycles. The number of amides is 1. The Bertz CT molecular complexity index is 1460. The minimum Gasteiger partial charge on any atom is -0.319 e. The molecule has 0 atom stereocenters. The number of hydrogen-bond donors (Lipinski definition) is 1. The molecule has 3 heterocycles. The molecule has 176 valence electrons. The number of rotatable bonds is 6. The summed E-state index contributed by atoms with van der Waals surface area (Å²) in [4.78, 5) is 22.0. The lowest BCUT2D eigenvalue weighted by atomic mass is 10.1. The quantitative estimate of drug-likeness (QED) is 0.362. The molecule has 3 aromatic heterocycles. The van der Waals surface area contributed by atoms with Gasteiger partial charge in [-0.1, -0.05) is 30.3 Å². The number of nitrogens with one attached hydrogen (secondary N) is 1. The number of alkyl halides is 3. The molecular formula is C23H16F3N7OS. The van der Waals surface area contributed by atoms with Gasteiger partial charge in [0.2, 0.25) is 5.82 Å². The van der Waals surface area contributed by atoms with Crippen LogP contribution in [0.25, 0.3) is 16.4 Å². The predicted molar refractivity (Wildman–Crippen MR) is 123 cm³/mol. The third-order valence-electron chi connectivity index (χ3n) is 5.03. The van der Waals surface area contributed by atoms with E-state index in [4.69, 9.17) is 0 Å². The van der Waals surface area contributed by atoms with Crippen LogP contribution >= 0.6 is 11.3 Å². The van der Waals surface area contributed by atoms with E-state index in [9.17, 15) is 18.0 Å². The predicted octanol–water partition coefficient (Wildman–Crippen LogP) is 4.91. The van der Waals surface area contributed by atoms with Gasteiger partial charge in [0.1, 0.15) is 12.7 Å². The zero-order chi connectivity index (χ0) is 24.4. The number of benzene rings is 2. The molecule has 0 unspecified atom stereocenters. The van der Waals surface area contributed by atoms with E-state index in [2.05, 4.69) is 25.5 Å². The molecule has 0 saturated heterocycles. The lowest BCUT2D eigenvalue weighted by molar-refractivity contribution is -0.137. The summed E-state index contributed by atoms with van der Waals surface area (Å²) < 4.78 is 42.7. The van der Waals surface area contributed by atoms with Gasteiger partial charge < -0.3 is 5.32 Å². The van der Waals surface area contributed by atoms with Crippen LogP contribution in [0.4, 0.5) is 18.9 Å². The van der Waals surface area contributed by atoms with E-state index in [1.807, 2.05) is 12.1 Å². The fraction of sp³-hybridized carbons (Fsp3) is 0.0870. The van der Waals surface area contributed by atoms with Gasteiger partial charge in [-0.3, -0.25) is 4.79 Å². The van der Waals surface area contributed by atoms with Crippen molar-refractivity contribution in [2.45, 2.75) is 12.7 Å². The maximum atomic E-state index is 13.3. The van der Waals surface area contributed by atoms with E-state index < -0.39 is 17.6 Å². The van der Waals surface area contributed by atoms with E-state index in [1.54, 1.807) is 40.7 Å². The van der Waals surface area contributed by atoms with E-state index in [0.29, 0.717) is 17.1 Å². The van der Waals surface area contributed by atoms with E-state index in [-0.39, 0.29) is 17.3 Å². The second kappa shape index (κ2) is 9.14. The minimum absolute atomic E-state index is 0.140. The number of anilines is 1. The highest BCUT2D eigenvalue weighted by Crippen LogP contribution is 2.32. The number of carbonyl (C=O) groups is 1. The first-order valence-electron chi connectivity index (χ1n) is 10.3. The number of para-hydroxylation sites is 1. The summed E-state index contributed by atoms with van der Waals surface area (Å²) in [5.74, 6) is -0.513. The van der Waals surface area contributed by atoms with Gasteiger partial charge in [0.15, 0.2) is 5.82 Å². The van der Waals surface area contributed by atoms with Crippen molar-refractivity contribution in [1.82, 2.24) is 29.5 Å². The summed E-state index contributed by atoms with van der Waals surface area (Å²) in [6, 6.07) is 15.4. The topological polar surface area (TPSA) is 90.5 Å². The normalized spacial score (nSPS) is 11.5. The molecule has 0 aliphatic rings. The van der Waals surface area contributed by atoms with Crippen LogP contribution in [0.15, 0.2) is 78.7 Å². The summed E-state index contributed by atoms with van der Waals surface area (Å²) in [6.45, 7) is 0.378. The van der Waals surface area contributed by atoms with Gasteiger partial charge in [0.05, 0.1) is 22.7 Å². The number of nitrogens with zero attached hydrogens (tertiary/aromatic N) is 6. The van der Waals surface area contributed by atoms with E-state index >= 15 is 0 Å². The molecule has 0 spiro atoms. The molecule has 0 aliphatic carbocycles. The van der Waals surface area contributed by atoms with Crippen LogP contribution in [0.5, 0.6) is 0 Å². The maximum Gasteiger partial charge on any atom is 0.416 e. The first-order chi connectivity index (χ1) is 16.9. The lowest BCUT2D eigenvalue weighted by Gasteiger charge is -2.10. The summed E-state index contributed by atoms with van der Waals surface area (Å²) in [5, 5.41) is 12.9. The Hall–Kier alpha value is -4.32. The van der Waals surface area contributed by atoms with Gasteiger partial charge >= 0.3 is 6.18 Å². The molecule has 1 amide bonds. The van der Waals surface area contributed by atoms with Gasteiger partial charge in [-0.05, 0) is 41.3 Å². The summed E-state index contributed by atoms with van der Waals surface area (Å²) in [7, 11) is 0. The molecule has 0 radical (unpaired) electrons. The van der Waals surface area contributed by atoms with Gasteiger partial charge in [-0.25, -0.2) is 19.3 Å². The van der Waals surface area contributed by atoms with Crippen molar-refractivity contribution in [2.75, 3.05) is 5.32 Å². The van der Waals surface area contributed by atoms with Gasteiger partial charge in [0.25, 0.3) is 5.91 Å². The minimum atomic E-state index is -4.52. The smallest absolute Gasteiger partial charge is 0.319 e. The van der Waals surface area contributed by atoms with Crippen LogP contribution in [0.2, 0.25) is 0 Å². The van der Waals surface area contributed by atoms with Crippen LogP contribution in [0.1, 0.15) is 21.7 Å². The van der Waals surface area contributed by atoms with Crippen LogP contribution in [0.3, 0.4) is 0 Å². The lowest BCUT2D eigenvalue weighted by Crippen LogP contribution is -2.16. The van der Waals surface area contributed by atoms with Gasteiger partial charge in [-0.15, -0.1) is 16.4 Å². The Morgan fingerprint density at radius 3 is 2.66 bits per heavy atom. The average molecular weight is 495 g/mol. The monoisotopic (exact) mass is 495 g/mol. The van der Waals surface area contributed by atoms with Crippen LogP contribution in [-0.2, 0) is 12.7 Å². The maximum absolute atomic E-state index is 13.3. The standard InChI is InChI=1S/C23H16F3N7OS/c24-23(25,26)16-6-3-7-17(11-16)33-21(19-9-4-10-35-19)30-20(31-33)22(34)29-18-8-2-1-5-15(18)12-32-14-27-13-28-32/h1-11,13-14H,12H2,(H,29,34). The van der Waals surface area contributed by atoms with Crippen LogP contribution < -0.4 is 5.32 Å². The second-order valence-corrected chi connectivity index (χ2v) is 8.35. The zero-order valence-corrected chi connectivity index (χ0v) is 18.7. The SMILES string of the molecule is O=C(Nc1ccccc1Cn1cncn1)c1nc(-c2cccs2)n(-c2cccc(C(F)(F)F)c2)n1. The van der Waals surface area contributed by atoms with Crippen molar-refractivity contribution >= 4 is 22.9 Å². The summed E-state index contributed by atoms with van der Waals surface area (Å²) >= 11 is 1.34. The van der Waals surface area contributed by atoms with E-state index in [0.717, 1.165) is 17.7 Å². The highest BCUT2D eigenvalue weighted by atomic mass is 32.1. The molecule has 35 heavy (non-hydrogen) atoms. The van der Waals surface area contributed by atoms with Crippen molar-refractivity contribution < 1.29 is 18.0 Å². The molecule has 5 aromatic rings. The Morgan fingerprint density at radius 2 is 1.91 bits per heavy atom. The molecule has 12 heteroatoms. The first kappa shape index (κ1) is 22.5. The molecule has 0 aliphatic heterocycles. The summed E-state index contributed by atoms with van der Waals surface area (Å²) in [6.07, 6.45) is -1.55. The van der Waals surface area contributed by atoms with Crippen molar-refractivity contribution in [3.8, 4) is 16.4 Å². The molecule has 1 N–H and O–H groups in total. The fourth-order valence-corrected chi connectivity index (χ4v) is 4.11. The number of carbonyl (C=O) groups excluding carboxylic acids is 1. The molecule has 8 nitrogen and oxygen atoms in total. The molecular weight excluding hydrogens is 479 g/mol. The van der Waals surface area contributed by atoms with Crippen LogP contribution in [0, 0.1) is 0 Å². The average Bonchev–Trinajstić information content (AvgIpc) is 3.61. The first-order valence-corrected chi connectivity index (χ1v) is 11.2. The van der Waals surface area contributed by atoms with Gasteiger partial charge in [-0.2, -0.15) is 18.3 Å². The van der Waals surface area contributed by atoms with Crippen molar-refractivity contribution in [3.63, 3.8) is 0 Å². The zero-order valence-electron chi connectivity index (χ0n) is 17.8. The van der Waals surface area contributed by atoms with Gasteiger partial charge in [0, 0.05) is 5.69 Å². The van der Waals surface area contributed by atoms with Crippen molar-refractivity contribution in [2.24, 2.45) is 0 Å². The number of hydrogen-bond acceptors (Lipinski definition) is 6. The Balaban J connectivity index is 1.50. The molecule has 5 rings (SSSR count). The number of thiophene rings is 1. The van der Waals surface area contributed by atoms with Crippen molar-refractivity contribution in [3.05, 3.63) is 95.6 Å². The number of aromatic nitrogens is 6. The van der Waals surface area contributed by atoms with E-state index in [1.165, 1.54) is 34.5 Å². The fourth-order valence-electron chi connectivity index (χ4n) is 3.41. The summed E-state index contributed by atoms with van der Waals surface area (Å²) in [5.41, 5.74) is 0.625. The Morgan fingerprint density at radius 1 is 1.06 bits per heavy atom. The molecule has 0 bridgehead atoms. The largest absolute Gasteiger partial charge is 0.416 e. The Labute approximate surface area is 200 Å². The highest BCUT2D eigenvalue weighted by Gasteiger charge is 2.31. The van der Waals surface area contributed by atoms with Crippen molar-refractivity contribution in [1.29, 1.82) is 0 Å². The second-order valence-electron chi connectivity index (χ2n) is 7.40. The molecule has 0 fully saturated rings. The highest BCUT2D eigenvalue weighted by molar-refractivity contribution is 7.13. The third kappa shape index (κ3) is 4.82.